The lowest BCUT2D eigenvalue weighted by molar-refractivity contribution is 0.328. The summed E-state index contributed by atoms with van der Waals surface area (Å²) >= 11 is 1.51. The Labute approximate surface area is 99.8 Å². The van der Waals surface area contributed by atoms with Gasteiger partial charge in [0.1, 0.15) is 0 Å². The van der Waals surface area contributed by atoms with E-state index < -0.39 is 16.2 Å². The van der Waals surface area contributed by atoms with Crippen LogP contribution in [0.25, 0.3) is 0 Å². The zero-order valence-electron chi connectivity index (χ0n) is 9.09. The maximum absolute atomic E-state index is 12.5. The first-order valence-corrected chi connectivity index (χ1v) is 10.3. The maximum Gasteiger partial charge on any atom is 0.500 e. The average molecular weight is 280 g/mol. The Morgan fingerprint density at radius 1 is 1.44 bits per heavy atom. The second-order valence-electron chi connectivity index (χ2n) is 3.90. The van der Waals surface area contributed by atoms with Crippen LogP contribution < -0.4 is 0 Å². The topological polar surface area (TPSA) is 46.5 Å². The number of halogens is 1. The first-order valence-electron chi connectivity index (χ1n) is 4.70. The second kappa shape index (κ2) is 5.47. The summed E-state index contributed by atoms with van der Waals surface area (Å²) in [4.78, 5) is 9.58. The van der Waals surface area contributed by atoms with Crippen molar-refractivity contribution in [1.82, 2.24) is 0 Å². The Morgan fingerprint density at radius 2 is 2.00 bits per heavy atom. The molecule has 0 saturated heterocycles. The smallest absolute Gasteiger partial charge is 0.326 e. The Bertz CT molecular complexity index is 382. The Kier molecular flexibility index (Phi) is 4.76. The van der Waals surface area contributed by atoms with Gasteiger partial charge in [-0.15, -0.1) is 16.0 Å². The van der Waals surface area contributed by atoms with Crippen molar-refractivity contribution in [2.75, 3.05) is 5.38 Å². The van der Waals surface area contributed by atoms with Crippen molar-refractivity contribution in [3.05, 3.63) is 30.3 Å². The van der Waals surface area contributed by atoms with Gasteiger partial charge in [0.05, 0.1) is 0 Å². The van der Waals surface area contributed by atoms with E-state index in [9.17, 15) is 8.76 Å². The van der Waals surface area contributed by atoms with Crippen molar-refractivity contribution < 1.29 is 17.9 Å². The highest BCUT2D eigenvalue weighted by Gasteiger charge is 2.33. The minimum absolute atomic E-state index is 0.533. The predicted octanol–water partition coefficient (Wildman–Crippen LogP) is 3.61. The summed E-state index contributed by atoms with van der Waals surface area (Å²) < 4.78 is 27.7. The molecule has 3 nitrogen and oxygen atoms in total. The number of benzene rings is 1. The van der Waals surface area contributed by atoms with Crippen molar-refractivity contribution in [2.24, 2.45) is 0 Å². The maximum atomic E-state index is 12.5. The van der Waals surface area contributed by atoms with Gasteiger partial charge in [-0.2, -0.15) is 0 Å². The van der Waals surface area contributed by atoms with Gasteiger partial charge in [0.2, 0.25) is 8.32 Å². The van der Waals surface area contributed by atoms with Gasteiger partial charge < -0.3 is 4.21 Å². The molecule has 0 fully saturated rings. The van der Waals surface area contributed by atoms with Gasteiger partial charge in [-0.1, -0.05) is 18.2 Å². The zero-order valence-corrected chi connectivity index (χ0v) is 11.8. The van der Waals surface area contributed by atoms with Crippen LogP contribution in [0, 0.1) is 0 Å². The number of thioether (sulfide) groups is 1. The van der Waals surface area contributed by atoms with Crippen LogP contribution in [0.3, 0.4) is 0 Å². The molecule has 0 saturated carbocycles. The van der Waals surface area contributed by atoms with Crippen LogP contribution in [0.2, 0.25) is 13.1 Å². The first-order chi connectivity index (χ1) is 7.29. The lowest BCUT2D eigenvalue weighted by Crippen LogP contribution is -2.32. The molecule has 1 unspecified atom stereocenters. The van der Waals surface area contributed by atoms with Crippen molar-refractivity contribution >= 4 is 28.0 Å². The molecule has 0 aliphatic heterocycles. The minimum Gasteiger partial charge on any atom is -0.326 e. The van der Waals surface area contributed by atoms with Crippen LogP contribution in [0.5, 0.6) is 0 Å². The Hall–Kier alpha value is -0.133. The van der Waals surface area contributed by atoms with Crippen molar-refractivity contribution in [2.45, 2.75) is 18.0 Å². The first kappa shape index (κ1) is 13.9. The summed E-state index contributed by atoms with van der Waals surface area (Å²) in [6, 6.07) is 9.59. The lowest BCUT2D eigenvalue weighted by atomic mass is 10.4. The van der Waals surface area contributed by atoms with E-state index in [0.29, 0.717) is 5.38 Å². The summed E-state index contributed by atoms with van der Waals surface area (Å²) in [5.74, 6) is 0. The fourth-order valence-electron chi connectivity index (χ4n) is 1.11. The van der Waals surface area contributed by atoms with Gasteiger partial charge in [-0.25, -0.2) is 4.57 Å². The zero-order chi connectivity index (χ0) is 12.2. The minimum atomic E-state index is -4.86. The van der Waals surface area contributed by atoms with E-state index >= 15 is 0 Å². The molecule has 0 heterocycles. The normalized spacial score (nSPS) is 15.8. The van der Waals surface area contributed by atoms with E-state index in [1.807, 2.05) is 30.3 Å². The molecule has 1 atom stereocenters. The molecule has 1 N–H and O–H groups in total. The van der Waals surface area contributed by atoms with Gasteiger partial charge >= 0.3 is 7.91 Å². The molecular weight excluding hydrogens is 266 g/mol. The van der Waals surface area contributed by atoms with Gasteiger partial charge in [-0.05, 0) is 25.2 Å². The van der Waals surface area contributed by atoms with Gasteiger partial charge in [0, 0.05) is 10.3 Å². The SMILES string of the molecule is C[Si](C)(CSc1ccccc1)OP(=O)(O)F. The molecule has 1 rings (SSSR count). The molecule has 0 aliphatic rings. The van der Waals surface area contributed by atoms with E-state index in [1.54, 1.807) is 13.1 Å². The average Bonchev–Trinajstić information content (AvgIpc) is 2.13. The summed E-state index contributed by atoms with van der Waals surface area (Å²) in [7, 11) is -7.31. The van der Waals surface area contributed by atoms with Crippen LogP contribution in [-0.2, 0) is 8.78 Å². The summed E-state index contributed by atoms with van der Waals surface area (Å²) in [6.45, 7) is 3.43. The van der Waals surface area contributed by atoms with Crippen LogP contribution in [-0.4, -0.2) is 18.6 Å². The lowest BCUT2D eigenvalue weighted by Gasteiger charge is -2.21. The second-order valence-corrected chi connectivity index (χ2v) is 11.0. The van der Waals surface area contributed by atoms with Crippen LogP contribution in [0.4, 0.5) is 4.20 Å². The van der Waals surface area contributed by atoms with Crippen molar-refractivity contribution in [1.29, 1.82) is 0 Å². The van der Waals surface area contributed by atoms with Crippen molar-refractivity contribution in [3.63, 3.8) is 0 Å². The molecule has 0 aromatic heterocycles. The number of hydrogen-bond donors (Lipinski definition) is 1. The highest BCUT2D eigenvalue weighted by Crippen LogP contribution is 2.47. The fraction of sp³-hybridized carbons (Fsp3) is 0.333. The molecule has 1 aromatic carbocycles. The molecule has 0 amide bonds. The molecule has 1 aromatic rings. The van der Waals surface area contributed by atoms with E-state index in [1.165, 1.54) is 11.8 Å². The summed E-state index contributed by atoms with van der Waals surface area (Å²) in [5, 5.41) is 0.533. The molecule has 16 heavy (non-hydrogen) atoms. The third-order valence-electron chi connectivity index (χ3n) is 1.69. The van der Waals surface area contributed by atoms with Crippen LogP contribution in [0.1, 0.15) is 0 Å². The summed E-state index contributed by atoms with van der Waals surface area (Å²) in [5.41, 5.74) is 0. The van der Waals surface area contributed by atoms with E-state index in [-0.39, 0.29) is 0 Å². The monoisotopic (exact) mass is 280 g/mol. The van der Waals surface area contributed by atoms with Gasteiger partial charge in [-0.3, -0.25) is 4.89 Å². The standard InChI is InChI=1S/C9H14FO3PSSi/c1-16(2,13-14(10,11)12)8-15-9-6-4-3-5-7-9/h3-7H,8H2,1-2H3,(H,11,12). The molecule has 0 radical (unpaired) electrons. The molecule has 7 heteroatoms. The summed E-state index contributed by atoms with van der Waals surface area (Å²) in [6.07, 6.45) is 0. The Morgan fingerprint density at radius 3 is 2.50 bits per heavy atom. The highest BCUT2D eigenvalue weighted by atomic mass is 32.2. The predicted molar refractivity (Wildman–Crippen MR) is 66.7 cm³/mol. The van der Waals surface area contributed by atoms with Crippen LogP contribution >= 0.6 is 19.7 Å². The third kappa shape index (κ3) is 5.82. The highest BCUT2D eigenvalue weighted by molar-refractivity contribution is 8.01. The fourth-order valence-corrected chi connectivity index (χ4v) is 6.64. The molecule has 0 bridgehead atoms. The van der Waals surface area contributed by atoms with Gasteiger partial charge in [0.25, 0.3) is 0 Å². The van der Waals surface area contributed by atoms with E-state index in [0.717, 1.165) is 4.90 Å². The van der Waals surface area contributed by atoms with Gasteiger partial charge in [0.15, 0.2) is 0 Å². The molecular formula is C9H14FO3PSSi. The van der Waals surface area contributed by atoms with Crippen LogP contribution in [0.15, 0.2) is 35.2 Å². The number of hydrogen-bond acceptors (Lipinski definition) is 3. The molecule has 0 aliphatic carbocycles. The quantitative estimate of drug-likeness (QED) is 0.508. The largest absolute Gasteiger partial charge is 0.500 e. The third-order valence-corrected chi connectivity index (χ3v) is 8.53. The Balaban J connectivity index is 2.51. The number of rotatable bonds is 5. The van der Waals surface area contributed by atoms with E-state index in [4.69, 9.17) is 4.89 Å². The van der Waals surface area contributed by atoms with E-state index in [2.05, 4.69) is 4.21 Å². The van der Waals surface area contributed by atoms with Crippen molar-refractivity contribution in [3.8, 4) is 0 Å². The molecule has 90 valence electrons. The molecule has 0 spiro atoms.